The molecule has 0 spiro atoms. The minimum atomic E-state index is -7.22. The molecule has 0 aliphatic heterocycles. The number of rotatable bonds is 12. The van der Waals surface area contributed by atoms with Crippen LogP contribution in [0.15, 0.2) is 24.8 Å². The summed E-state index contributed by atoms with van der Waals surface area (Å²) in [7, 11) is 0. The van der Waals surface area contributed by atoms with Crippen molar-refractivity contribution in [3.63, 3.8) is 0 Å². The number of hydrogen-bond acceptors (Lipinski definition) is 2. The third-order valence-corrected chi connectivity index (χ3v) is 9.04. The molecule has 4 aromatic carbocycles. The minimum absolute atomic E-state index is 0.792. The highest BCUT2D eigenvalue weighted by Gasteiger charge is 2.52. The number of hydrogen-bond donors (Lipinski definition) is 0. The minimum Gasteiger partial charge on any atom is -0.271 e. The normalized spacial score (nSPS) is 11.6. The van der Waals surface area contributed by atoms with E-state index in [0.29, 0.717) is 0 Å². The molecule has 0 aliphatic rings. The van der Waals surface area contributed by atoms with E-state index in [9.17, 15) is 52.7 Å². The third kappa shape index (κ3) is 8.03. The van der Waals surface area contributed by atoms with Crippen LogP contribution < -0.4 is 31.4 Å². The molecule has 5 aromatic rings. The molecule has 0 fully saturated rings. The van der Waals surface area contributed by atoms with Gasteiger partial charge in [-0.2, -0.15) is 0 Å². The first kappa shape index (κ1) is 47.1. The molecule has 3 nitrogen and oxygen atoms in total. The maximum Gasteiger partial charge on any atom is 0.240 e. The molecule has 0 bridgehead atoms. The van der Waals surface area contributed by atoms with E-state index in [2.05, 4.69) is 11.9 Å². The topological polar surface area (TPSA) is 26.0 Å². The van der Waals surface area contributed by atoms with Gasteiger partial charge in [0, 0.05) is 4.73 Å². The van der Waals surface area contributed by atoms with Crippen LogP contribution in [0.25, 0.3) is 0 Å². The summed E-state index contributed by atoms with van der Waals surface area (Å²) in [6.07, 6.45) is 7.63. The first-order valence-corrected chi connectivity index (χ1v) is 16.8. The Bertz CT molecular complexity index is 2040. The lowest BCUT2D eigenvalue weighted by atomic mass is 9.12. The van der Waals surface area contributed by atoms with Gasteiger partial charge in [0.05, 0.1) is 12.4 Å². The standard InChI is InChI=1S/C24BF20.C12H21N2O/c26-5-1(6(27)14(35)21(42)13(5)34)25(2-7(28)15(36)22(43)16(37)8(2)29,3-9(30)17(38)23(44)18(39)10(3)31)4-11(32)19(40)24(45)20(41)12(4)33;1-2-3-4-5-6-7-12-15-14-10-8-13-9-11-14/h;8-11H,2-7,12H2,1H3/q-1;+1. The van der Waals surface area contributed by atoms with Crippen molar-refractivity contribution >= 4 is 28.0 Å². The second-order valence-electron chi connectivity index (χ2n) is 12.5. The van der Waals surface area contributed by atoms with Crippen LogP contribution in [0, 0.1) is 116 Å². The van der Waals surface area contributed by atoms with Crippen molar-refractivity contribution in [3.05, 3.63) is 141 Å². The molecule has 60 heavy (non-hydrogen) atoms. The van der Waals surface area contributed by atoms with E-state index in [-0.39, 0.29) is 0 Å². The second kappa shape index (κ2) is 18.8. The largest absolute Gasteiger partial charge is 0.271 e. The van der Waals surface area contributed by atoms with E-state index >= 15 is 35.1 Å². The Hall–Kier alpha value is -5.58. The van der Waals surface area contributed by atoms with E-state index < -0.39 is 144 Å². The van der Waals surface area contributed by atoms with E-state index in [1.54, 1.807) is 17.1 Å². The number of benzene rings is 4. The first-order chi connectivity index (χ1) is 28.1. The van der Waals surface area contributed by atoms with Gasteiger partial charge in [0.2, 0.25) is 12.4 Å². The van der Waals surface area contributed by atoms with Gasteiger partial charge in [-0.1, -0.05) is 32.6 Å². The van der Waals surface area contributed by atoms with Crippen molar-refractivity contribution in [3.8, 4) is 0 Å². The predicted molar refractivity (Wildman–Crippen MR) is 168 cm³/mol. The quantitative estimate of drug-likeness (QED) is 0.0317. The maximum absolute atomic E-state index is 15.4. The summed E-state index contributed by atoms with van der Waals surface area (Å²) in [5.74, 6) is -71.4. The smallest absolute Gasteiger partial charge is 0.240 e. The average Bonchev–Trinajstić information content (AvgIpc) is 3.23. The van der Waals surface area contributed by atoms with Gasteiger partial charge in [-0.3, -0.25) is 9.82 Å². The summed E-state index contributed by atoms with van der Waals surface area (Å²) in [5.41, 5.74) is -14.3. The Morgan fingerprint density at radius 1 is 0.367 bits per heavy atom. The van der Waals surface area contributed by atoms with Crippen molar-refractivity contribution < 1.29 is 97.4 Å². The molecular formula is C36H21BF20N2O. The van der Waals surface area contributed by atoms with Gasteiger partial charge < -0.3 is 0 Å². The Balaban J connectivity index is 0.000000445. The van der Waals surface area contributed by atoms with Gasteiger partial charge in [-0.05, 0) is 12.8 Å². The zero-order valence-electron chi connectivity index (χ0n) is 29.7. The maximum atomic E-state index is 15.4. The zero-order chi connectivity index (χ0) is 45.1. The fourth-order valence-electron chi connectivity index (χ4n) is 6.32. The van der Waals surface area contributed by atoms with Gasteiger partial charge in [-0.25, -0.2) is 87.8 Å². The summed E-state index contributed by atoms with van der Waals surface area (Å²) in [6.45, 7) is 3.03. The molecule has 0 atom stereocenters. The molecule has 1 aromatic heterocycles. The lowest BCUT2D eigenvalue weighted by molar-refractivity contribution is -0.891. The van der Waals surface area contributed by atoms with Crippen molar-refractivity contribution in [1.29, 1.82) is 0 Å². The van der Waals surface area contributed by atoms with Gasteiger partial charge in [0.25, 0.3) is 0 Å². The molecule has 0 radical (unpaired) electrons. The molecule has 324 valence electrons. The monoisotopic (exact) mass is 888 g/mol. The third-order valence-electron chi connectivity index (χ3n) is 9.04. The summed E-state index contributed by atoms with van der Waals surface area (Å²) in [5, 5.41) is 0. The Labute approximate surface area is 323 Å². The molecule has 0 saturated carbocycles. The van der Waals surface area contributed by atoms with E-state index in [1.807, 2.05) is 12.4 Å². The van der Waals surface area contributed by atoms with Crippen molar-refractivity contribution in [1.82, 2.24) is 4.98 Å². The Morgan fingerprint density at radius 2 is 0.600 bits per heavy atom. The molecule has 24 heteroatoms. The Kier molecular flexibility index (Phi) is 14.7. The van der Waals surface area contributed by atoms with Crippen molar-refractivity contribution in [2.45, 2.75) is 45.4 Å². The van der Waals surface area contributed by atoms with Gasteiger partial charge in [0.15, 0.2) is 76.4 Å². The van der Waals surface area contributed by atoms with Crippen LogP contribution in [-0.2, 0) is 0 Å². The van der Waals surface area contributed by atoms with Crippen LogP contribution in [0.1, 0.15) is 45.4 Å². The molecule has 0 aliphatic carbocycles. The van der Waals surface area contributed by atoms with Crippen molar-refractivity contribution in [2.75, 3.05) is 6.61 Å². The number of unbranched alkanes of at least 4 members (excludes halogenated alkanes) is 5. The molecule has 5 rings (SSSR count). The van der Waals surface area contributed by atoms with Crippen LogP contribution >= 0.6 is 0 Å². The SMILES string of the molecule is CCCCCCCCO[n+]1ccncc1.Fc1c(F)c(F)c([B-](c2c(F)c(F)c(F)c(F)c2F)(c2c(F)c(F)c(F)c(F)c2F)c2c(F)c(F)c(F)c(F)c2F)c(F)c1F. The molecule has 0 amide bonds. The van der Waals surface area contributed by atoms with Crippen LogP contribution in [0.5, 0.6) is 0 Å². The van der Waals surface area contributed by atoms with Crippen LogP contribution in [0.4, 0.5) is 87.8 Å². The number of aromatic nitrogens is 2. The first-order valence-electron chi connectivity index (χ1n) is 16.8. The van der Waals surface area contributed by atoms with Gasteiger partial charge in [-0.15, -0.1) is 21.9 Å². The van der Waals surface area contributed by atoms with Gasteiger partial charge >= 0.3 is 0 Å². The van der Waals surface area contributed by atoms with E-state index in [0.717, 1.165) is 13.0 Å². The van der Waals surface area contributed by atoms with Crippen LogP contribution in [0.3, 0.4) is 0 Å². The Morgan fingerprint density at radius 3 is 0.867 bits per heavy atom. The molecule has 0 unspecified atom stereocenters. The van der Waals surface area contributed by atoms with Crippen LogP contribution in [-0.4, -0.2) is 17.7 Å². The molecular weight excluding hydrogens is 867 g/mol. The van der Waals surface area contributed by atoms with Crippen LogP contribution in [0.2, 0.25) is 0 Å². The summed E-state index contributed by atoms with van der Waals surface area (Å²) >= 11 is 0. The highest BCUT2D eigenvalue weighted by atomic mass is 19.2. The average molecular weight is 888 g/mol. The van der Waals surface area contributed by atoms with Gasteiger partial charge in [0.1, 0.15) is 52.7 Å². The predicted octanol–water partition coefficient (Wildman–Crippen LogP) is 8.00. The molecule has 0 N–H and O–H groups in total. The van der Waals surface area contributed by atoms with E-state index in [1.165, 1.54) is 32.1 Å². The number of halogens is 20. The fourth-order valence-corrected chi connectivity index (χ4v) is 6.32. The second-order valence-corrected chi connectivity index (χ2v) is 12.5. The molecule has 1 heterocycles. The zero-order valence-corrected chi connectivity index (χ0v) is 29.7. The summed E-state index contributed by atoms with van der Waals surface area (Å²) in [4.78, 5) is 9.41. The highest BCUT2D eigenvalue weighted by molar-refractivity contribution is 7.20. The van der Waals surface area contributed by atoms with E-state index in [4.69, 9.17) is 4.84 Å². The van der Waals surface area contributed by atoms with Crippen molar-refractivity contribution in [2.24, 2.45) is 0 Å². The summed E-state index contributed by atoms with van der Waals surface area (Å²) in [6, 6.07) is 0. The lowest BCUT2D eigenvalue weighted by Gasteiger charge is -2.44. The highest BCUT2D eigenvalue weighted by Crippen LogP contribution is 2.30. The number of nitrogens with zero attached hydrogens (tertiary/aromatic N) is 2. The summed E-state index contributed by atoms with van der Waals surface area (Å²) < 4.78 is 296. The molecule has 0 saturated heterocycles. The fraction of sp³-hybridized carbons (Fsp3) is 0.222. The lowest BCUT2D eigenvalue weighted by Crippen LogP contribution is -2.81.